The third-order valence-electron chi connectivity index (χ3n) is 9.81. The number of nitrogens with zero attached hydrogens (tertiary/aromatic N) is 5. The number of aliphatic hydroxyl groups excluding tert-OH is 3. The monoisotopic (exact) mass is 599 g/mol. The number of carbonyl (C=O) groups excluding carboxylic acids is 2. The molecule has 2 fully saturated rings. The van der Waals surface area contributed by atoms with Crippen molar-refractivity contribution in [3.63, 3.8) is 0 Å². The molecule has 3 N–H and O–H groups in total. The maximum absolute atomic E-state index is 13.4. The van der Waals surface area contributed by atoms with Gasteiger partial charge in [-0.05, 0) is 56.4 Å². The molecule has 2 aromatic heterocycles. The summed E-state index contributed by atoms with van der Waals surface area (Å²) in [4.78, 5) is 28.9. The Morgan fingerprint density at radius 3 is 2.58 bits per heavy atom. The van der Waals surface area contributed by atoms with Gasteiger partial charge in [0.25, 0.3) is 0 Å². The molecule has 0 bridgehead atoms. The molecule has 4 rings (SSSR count). The summed E-state index contributed by atoms with van der Waals surface area (Å²) in [6.45, 7) is 12.0. The van der Waals surface area contributed by atoms with E-state index in [0.717, 1.165) is 24.8 Å². The highest BCUT2D eigenvalue weighted by atomic mass is 16.5. The zero-order valence-corrected chi connectivity index (χ0v) is 26.4. The molecule has 2 aromatic rings. The van der Waals surface area contributed by atoms with E-state index in [1.807, 2.05) is 44.4 Å². The minimum absolute atomic E-state index is 0.0229. The summed E-state index contributed by atoms with van der Waals surface area (Å²) in [6.07, 6.45) is 7.24. The van der Waals surface area contributed by atoms with Crippen LogP contribution in [0.4, 0.5) is 0 Å². The highest BCUT2D eigenvalue weighted by molar-refractivity contribution is 5.88. The van der Waals surface area contributed by atoms with Gasteiger partial charge >= 0.3 is 5.97 Å². The predicted molar refractivity (Wildman–Crippen MR) is 162 cm³/mol. The van der Waals surface area contributed by atoms with Gasteiger partial charge in [-0.3, -0.25) is 23.9 Å². The van der Waals surface area contributed by atoms with Gasteiger partial charge in [0.2, 0.25) is 0 Å². The van der Waals surface area contributed by atoms with E-state index in [0.29, 0.717) is 25.3 Å². The van der Waals surface area contributed by atoms with Gasteiger partial charge in [0, 0.05) is 49.1 Å². The number of Topliss-reactive ketones (excluding diaryl/α,β-unsaturated/α-hetero) is 1. The number of hydrogen-bond donors (Lipinski definition) is 3. The predicted octanol–water partition coefficient (Wildman–Crippen LogP) is 2.89. The van der Waals surface area contributed by atoms with Crippen molar-refractivity contribution in [1.82, 2.24) is 24.5 Å². The lowest BCUT2D eigenvalue weighted by atomic mass is 9.73. The summed E-state index contributed by atoms with van der Waals surface area (Å²) >= 11 is 0. The van der Waals surface area contributed by atoms with E-state index < -0.39 is 35.6 Å². The molecule has 0 amide bonds. The lowest BCUT2D eigenvalue weighted by Crippen LogP contribution is -2.45. The number of carbonyl (C=O) groups is 2. The van der Waals surface area contributed by atoms with Crippen LogP contribution in [0.3, 0.4) is 0 Å². The fraction of sp³-hybridized carbons (Fsp3) is 0.688. The Bertz CT molecular complexity index is 1270. The molecule has 2 aliphatic rings. The van der Waals surface area contributed by atoms with Gasteiger partial charge in [-0.25, -0.2) is 0 Å². The highest BCUT2D eigenvalue weighted by Gasteiger charge is 2.58. The van der Waals surface area contributed by atoms with E-state index in [1.165, 1.54) is 0 Å². The number of aromatic nitrogens is 4. The average molecular weight is 600 g/mol. The molecular weight excluding hydrogens is 550 g/mol. The minimum Gasteiger partial charge on any atom is -0.458 e. The molecule has 0 saturated carbocycles. The van der Waals surface area contributed by atoms with Crippen molar-refractivity contribution in [3.05, 3.63) is 42.0 Å². The first-order valence-corrected chi connectivity index (χ1v) is 15.4. The minimum atomic E-state index is -1.27. The number of fused-ring (bicyclic) bond motifs is 1. The van der Waals surface area contributed by atoms with Gasteiger partial charge in [0.1, 0.15) is 18.6 Å². The van der Waals surface area contributed by atoms with E-state index in [2.05, 4.69) is 22.0 Å². The van der Waals surface area contributed by atoms with Crippen molar-refractivity contribution < 1.29 is 29.6 Å². The van der Waals surface area contributed by atoms with Crippen molar-refractivity contribution in [2.24, 2.45) is 17.3 Å². The summed E-state index contributed by atoms with van der Waals surface area (Å²) in [5.41, 5.74) is 0.0911. The number of β-amino-alcohol motifs (C(OH)–C–C–N with tert-alkyl or cyclic N) is 1. The molecule has 11 heteroatoms. The first-order chi connectivity index (χ1) is 20.3. The van der Waals surface area contributed by atoms with E-state index in [4.69, 9.17) is 4.74 Å². The molecule has 11 nitrogen and oxygen atoms in total. The van der Waals surface area contributed by atoms with Crippen LogP contribution in [0.5, 0.6) is 0 Å². The smallest absolute Gasteiger partial charge is 0.309 e. The molecule has 0 aliphatic carbocycles. The van der Waals surface area contributed by atoms with Crippen LogP contribution in [0, 0.1) is 17.3 Å². The second-order valence-electron chi connectivity index (χ2n) is 13.3. The van der Waals surface area contributed by atoms with Crippen molar-refractivity contribution >= 4 is 17.8 Å². The molecule has 0 aromatic carbocycles. The Morgan fingerprint density at radius 2 is 1.91 bits per heavy atom. The zero-order valence-electron chi connectivity index (χ0n) is 26.4. The Balaban J connectivity index is 1.60. The third-order valence-corrected chi connectivity index (χ3v) is 9.81. The molecule has 2 saturated heterocycles. The van der Waals surface area contributed by atoms with Crippen LogP contribution in [0.2, 0.25) is 0 Å². The standard InChI is InChI=1S/C32H49N5O6/c1-21-9-7-11-32(6)26(37(32)15-16-38)18-25(22(2)17-24-10-14-36(34-24)20-35-13-8-12-33-35)43-28(40)19-27(39)31(4,5)30(42)23(3)29(21)41/h8,10,12-14,17,21,23,25-27,29,38-39,41H,7,9,11,15-16,18-20H2,1-6H3/b22-17+/t21-,23+,25-,26-,27-,29?,32+,37?/m0/s1. The van der Waals surface area contributed by atoms with Crippen LogP contribution in [0.1, 0.15) is 79.3 Å². The van der Waals surface area contributed by atoms with Gasteiger partial charge in [-0.2, -0.15) is 10.2 Å². The van der Waals surface area contributed by atoms with Gasteiger partial charge in [0.05, 0.1) is 36.3 Å². The summed E-state index contributed by atoms with van der Waals surface area (Å²) in [7, 11) is 0. The van der Waals surface area contributed by atoms with Crippen molar-refractivity contribution in [1.29, 1.82) is 0 Å². The maximum atomic E-state index is 13.4. The Labute approximate surface area is 254 Å². The van der Waals surface area contributed by atoms with Crippen LogP contribution in [-0.4, -0.2) is 94.6 Å². The topological polar surface area (TPSA) is 143 Å². The van der Waals surface area contributed by atoms with Gasteiger partial charge in [-0.1, -0.05) is 34.1 Å². The number of ether oxygens (including phenoxy) is 1. The molecular formula is C32H49N5O6. The second-order valence-corrected chi connectivity index (χ2v) is 13.3. The van der Waals surface area contributed by atoms with E-state index in [1.54, 1.807) is 36.3 Å². The van der Waals surface area contributed by atoms with Crippen LogP contribution in [-0.2, 0) is 21.0 Å². The number of cyclic esters (lactones) is 1. The van der Waals surface area contributed by atoms with Crippen molar-refractivity contribution in [2.75, 3.05) is 13.2 Å². The fourth-order valence-electron chi connectivity index (χ4n) is 6.68. The SMILES string of the molecule is C/C(=C\c1ccn(Cn2cccn2)n1)[C@@H]1C[C@@H]2N(CCO)[C@]2(C)CCC[C@H](C)C(O)[C@@H](C)C(=O)C(C)(C)[C@@H](O)CC(=O)O1. The summed E-state index contributed by atoms with van der Waals surface area (Å²) in [5.74, 6) is -1.67. The summed E-state index contributed by atoms with van der Waals surface area (Å²) < 4.78 is 9.58. The first kappa shape index (κ1) is 33.0. The molecule has 2 aliphatic heterocycles. The highest BCUT2D eigenvalue weighted by Crippen LogP contribution is 2.48. The lowest BCUT2D eigenvalue weighted by Gasteiger charge is -2.34. The van der Waals surface area contributed by atoms with E-state index >= 15 is 0 Å². The first-order valence-electron chi connectivity index (χ1n) is 15.4. The van der Waals surface area contributed by atoms with Crippen molar-refractivity contribution in [2.45, 2.75) is 110 Å². The number of ketones is 1. The molecule has 2 unspecified atom stereocenters. The second kappa shape index (κ2) is 13.4. The number of rotatable bonds is 6. The average Bonchev–Trinajstić information content (AvgIpc) is 3.38. The van der Waals surface area contributed by atoms with Crippen LogP contribution in [0.25, 0.3) is 6.08 Å². The molecule has 43 heavy (non-hydrogen) atoms. The Morgan fingerprint density at radius 1 is 1.16 bits per heavy atom. The normalized spacial score (nSPS) is 34.4. The van der Waals surface area contributed by atoms with Gasteiger partial charge < -0.3 is 20.1 Å². The number of aliphatic hydroxyl groups is 3. The van der Waals surface area contributed by atoms with Crippen LogP contribution >= 0.6 is 0 Å². The van der Waals surface area contributed by atoms with E-state index in [-0.39, 0.29) is 36.3 Å². The van der Waals surface area contributed by atoms with Crippen LogP contribution < -0.4 is 0 Å². The Kier molecular flexibility index (Phi) is 10.3. The summed E-state index contributed by atoms with van der Waals surface area (Å²) in [6, 6.07) is 3.82. The van der Waals surface area contributed by atoms with E-state index in [9.17, 15) is 24.9 Å². The molecule has 0 spiro atoms. The van der Waals surface area contributed by atoms with Crippen LogP contribution in [0.15, 0.2) is 36.3 Å². The lowest BCUT2D eigenvalue weighted by molar-refractivity contribution is -0.154. The van der Waals surface area contributed by atoms with Crippen molar-refractivity contribution in [3.8, 4) is 0 Å². The largest absolute Gasteiger partial charge is 0.458 e. The number of esters is 1. The summed E-state index contributed by atoms with van der Waals surface area (Å²) in [5, 5.41) is 40.7. The quantitative estimate of drug-likeness (QED) is 0.337. The maximum Gasteiger partial charge on any atom is 0.309 e. The van der Waals surface area contributed by atoms with Gasteiger partial charge in [0.15, 0.2) is 0 Å². The molecule has 238 valence electrons. The van der Waals surface area contributed by atoms with Gasteiger partial charge in [-0.15, -0.1) is 0 Å². The Hall–Kier alpha value is -2.86. The fourth-order valence-corrected chi connectivity index (χ4v) is 6.68. The zero-order chi connectivity index (χ0) is 31.5. The third kappa shape index (κ3) is 7.45. The molecule has 0 radical (unpaired) electrons. The number of hydrogen-bond acceptors (Lipinski definition) is 9. The molecule has 8 atom stereocenters. The molecule has 4 heterocycles.